The van der Waals surface area contributed by atoms with E-state index in [0.29, 0.717) is 16.8 Å². The number of aromatic nitrogens is 2. The lowest BCUT2D eigenvalue weighted by atomic mass is 10.0. The van der Waals surface area contributed by atoms with E-state index in [1.807, 2.05) is 0 Å². The van der Waals surface area contributed by atoms with Crippen molar-refractivity contribution in [2.45, 2.75) is 57.2 Å². The minimum atomic E-state index is -4.55. The number of carbonyl (C=O) groups excluding carboxylic acids is 4. The SMILES string of the molecule is C[C@@H]1NC(=O)[C@H]([C@@H](C)O)NC(=O)c2cc(ccc2O)Oc2ccc(cc2)C[C@@H](C(=O)NCc2nc3cc(C(F)(F)F)ccc3n2C)NC1=O. The van der Waals surface area contributed by atoms with Gasteiger partial charge in [0.25, 0.3) is 5.91 Å². The quantitative estimate of drug-likeness (QED) is 0.177. The van der Waals surface area contributed by atoms with Gasteiger partial charge in [0.15, 0.2) is 0 Å². The number of hydrogen-bond acceptors (Lipinski definition) is 8. The first-order valence-corrected chi connectivity index (χ1v) is 15.1. The fourth-order valence-electron chi connectivity index (χ4n) is 5.20. The van der Waals surface area contributed by atoms with Crippen LogP contribution in [0.15, 0.2) is 60.7 Å². The van der Waals surface area contributed by atoms with Crippen LogP contribution >= 0.6 is 0 Å². The number of alkyl halides is 3. The molecule has 0 aliphatic carbocycles. The van der Waals surface area contributed by atoms with Crippen molar-refractivity contribution in [3.8, 4) is 17.2 Å². The number of aryl methyl sites for hydroxylation is 1. The molecule has 0 fully saturated rings. The molecule has 2 aliphatic heterocycles. The first kappa shape index (κ1) is 34.7. The smallest absolute Gasteiger partial charge is 0.416 e. The van der Waals surface area contributed by atoms with Gasteiger partial charge in [0.1, 0.15) is 41.2 Å². The highest BCUT2D eigenvalue weighted by Gasteiger charge is 2.32. The number of imidazole rings is 1. The lowest BCUT2D eigenvalue weighted by Crippen LogP contribution is -2.58. The van der Waals surface area contributed by atoms with E-state index in [2.05, 4.69) is 26.3 Å². The second-order valence-electron chi connectivity index (χ2n) is 11.6. The van der Waals surface area contributed by atoms with Crippen LogP contribution in [0.4, 0.5) is 13.2 Å². The number of ether oxygens (including phenoxy) is 1. The number of fused-ring (bicyclic) bond motifs is 12. The Hall–Kier alpha value is -5.64. The zero-order valence-corrected chi connectivity index (χ0v) is 26.5. The summed E-state index contributed by atoms with van der Waals surface area (Å²) >= 11 is 0. The van der Waals surface area contributed by atoms with Gasteiger partial charge in [-0.15, -0.1) is 0 Å². The molecule has 2 aliphatic rings. The molecular formula is C33H33F3N6O7. The first-order chi connectivity index (χ1) is 23.1. The molecule has 4 amide bonds. The molecule has 49 heavy (non-hydrogen) atoms. The first-order valence-electron chi connectivity index (χ1n) is 15.1. The number of hydrogen-bond donors (Lipinski definition) is 6. The highest BCUT2D eigenvalue weighted by molar-refractivity contribution is 6.01. The van der Waals surface area contributed by atoms with E-state index in [1.165, 1.54) is 38.1 Å². The molecule has 1 aromatic heterocycles. The Bertz CT molecular complexity index is 1910. The topological polar surface area (TPSA) is 184 Å². The summed E-state index contributed by atoms with van der Waals surface area (Å²) in [6.45, 7) is 2.42. The number of aromatic hydroxyl groups is 1. The van der Waals surface area contributed by atoms with Gasteiger partial charge in [-0.3, -0.25) is 19.2 Å². The van der Waals surface area contributed by atoms with E-state index in [1.54, 1.807) is 35.9 Å². The van der Waals surface area contributed by atoms with E-state index < -0.39 is 65.3 Å². The summed E-state index contributed by atoms with van der Waals surface area (Å²) in [5.41, 5.74) is 0.0317. The molecule has 0 radical (unpaired) electrons. The van der Waals surface area contributed by atoms with Crippen molar-refractivity contribution >= 4 is 34.7 Å². The number of halogens is 3. The Balaban J connectivity index is 1.41. The van der Waals surface area contributed by atoms with E-state index in [9.17, 15) is 42.6 Å². The maximum Gasteiger partial charge on any atom is 0.416 e. The summed E-state index contributed by atoms with van der Waals surface area (Å²) in [6.07, 6.45) is -5.97. The van der Waals surface area contributed by atoms with Crippen LogP contribution in [-0.2, 0) is 40.6 Å². The molecular weight excluding hydrogens is 649 g/mol. The lowest BCUT2D eigenvalue weighted by molar-refractivity contribution is -0.137. The van der Waals surface area contributed by atoms with Crippen LogP contribution in [0.25, 0.3) is 11.0 Å². The van der Waals surface area contributed by atoms with Crippen molar-refractivity contribution in [1.29, 1.82) is 0 Å². The number of aliphatic hydroxyl groups is 1. The Morgan fingerprint density at radius 3 is 2.39 bits per heavy atom. The predicted molar refractivity (Wildman–Crippen MR) is 168 cm³/mol. The normalized spacial score (nSPS) is 19.6. The average Bonchev–Trinajstić information content (AvgIpc) is 3.36. The predicted octanol–water partition coefficient (Wildman–Crippen LogP) is 2.43. The molecule has 4 aromatic rings. The minimum absolute atomic E-state index is 0.00822. The van der Waals surface area contributed by atoms with Crippen LogP contribution < -0.4 is 26.0 Å². The van der Waals surface area contributed by atoms with Gasteiger partial charge in [0.2, 0.25) is 17.7 Å². The largest absolute Gasteiger partial charge is 0.507 e. The molecule has 4 atom stereocenters. The molecule has 3 aromatic carbocycles. The van der Waals surface area contributed by atoms with Gasteiger partial charge in [-0.2, -0.15) is 13.2 Å². The number of nitrogens with one attached hydrogen (secondary N) is 4. The van der Waals surface area contributed by atoms with Gasteiger partial charge in [-0.25, -0.2) is 4.98 Å². The third-order valence-corrected chi connectivity index (χ3v) is 7.97. The van der Waals surface area contributed by atoms with Crippen molar-refractivity contribution in [2.24, 2.45) is 7.05 Å². The van der Waals surface area contributed by atoms with Gasteiger partial charge in [-0.05, 0) is 67.9 Å². The lowest BCUT2D eigenvalue weighted by Gasteiger charge is -2.25. The van der Waals surface area contributed by atoms with Gasteiger partial charge >= 0.3 is 6.18 Å². The van der Waals surface area contributed by atoms with Gasteiger partial charge in [-0.1, -0.05) is 12.1 Å². The maximum atomic E-state index is 13.5. The van der Waals surface area contributed by atoms with E-state index in [-0.39, 0.29) is 35.6 Å². The fourth-order valence-corrected chi connectivity index (χ4v) is 5.20. The maximum absolute atomic E-state index is 13.5. The third-order valence-electron chi connectivity index (χ3n) is 7.97. The zero-order chi connectivity index (χ0) is 35.6. The van der Waals surface area contributed by atoms with Crippen LogP contribution in [-0.4, -0.2) is 67.6 Å². The summed E-state index contributed by atoms with van der Waals surface area (Å²) in [5.74, 6) is -2.82. The molecule has 0 unspecified atom stereocenters. The fraction of sp³-hybridized carbons (Fsp3) is 0.303. The molecule has 3 heterocycles. The van der Waals surface area contributed by atoms with Crippen molar-refractivity contribution in [2.75, 3.05) is 0 Å². The standard InChI is InChI=1S/C33H33F3N6O7/c1-16-29(45)40-24(31(47)37-15-27-39-23-13-19(33(34,35)36)6-10-25(23)42(27)3)12-18-4-7-20(8-5-18)49-21-9-11-26(44)22(14-21)30(46)41-28(17(2)43)32(48)38-16/h4-11,13-14,16-17,24,28,43-44H,12,15H2,1-3H3,(H,37,47)(H,38,48)(H,40,45)(H,41,46)/t16-,17+,24-,28-/m0/s1. The number of nitrogens with zero attached hydrogens (tertiary/aromatic N) is 2. The molecule has 6 N–H and O–H groups in total. The second-order valence-corrected chi connectivity index (χ2v) is 11.6. The summed E-state index contributed by atoms with van der Waals surface area (Å²) in [7, 11) is 1.60. The summed E-state index contributed by atoms with van der Waals surface area (Å²) in [6, 6.07) is 9.63. The molecule has 0 saturated heterocycles. The Morgan fingerprint density at radius 1 is 1.02 bits per heavy atom. The number of carbonyl (C=O) groups is 4. The highest BCUT2D eigenvalue weighted by atomic mass is 19.4. The number of rotatable bonds is 4. The molecule has 258 valence electrons. The summed E-state index contributed by atoms with van der Waals surface area (Å²) in [5, 5.41) is 30.7. The minimum Gasteiger partial charge on any atom is -0.507 e. The van der Waals surface area contributed by atoms with Crippen molar-refractivity contribution in [1.82, 2.24) is 30.8 Å². The molecule has 6 rings (SSSR count). The van der Waals surface area contributed by atoms with E-state index in [0.717, 1.165) is 12.1 Å². The van der Waals surface area contributed by atoms with Gasteiger partial charge in [0, 0.05) is 13.5 Å². The summed E-state index contributed by atoms with van der Waals surface area (Å²) < 4.78 is 47.1. The van der Waals surface area contributed by atoms with Gasteiger partial charge in [0.05, 0.1) is 34.8 Å². The molecule has 0 saturated carbocycles. The van der Waals surface area contributed by atoms with E-state index >= 15 is 0 Å². The van der Waals surface area contributed by atoms with E-state index in [4.69, 9.17) is 4.74 Å². The molecule has 4 bridgehead atoms. The van der Waals surface area contributed by atoms with Crippen molar-refractivity contribution < 1.29 is 47.3 Å². The Kier molecular flexibility index (Phi) is 9.80. The van der Waals surface area contributed by atoms with Crippen LogP contribution in [0.3, 0.4) is 0 Å². The molecule has 13 nitrogen and oxygen atoms in total. The van der Waals surface area contributed by atoms with Crippen molar-refractivity contribution in [3.05, 3.63) is 83.2 Å². The third kappa shape index (κ3) is 7.92. The Morgan fingerprint density at radius 2 is 1.71 bits per heavy atom. The van der Waals surface area contributed by atoms with Crippen LogP contribution in [0, 0.1) is 0 Å². The number of phenols is 1. The molecule has 16 heteroatoms. The number of aliphatic hydroxyl groups excluding tert-OH is 1. The summed E-state index contributed by atoms with van der Waals surface area (Å²) in [4.78, 5) is 57.2. The van der Waals surface area contributed by atoms with Gasteiger partial charge < -0.3 is 40.8 Å². The van der Waals surface area contributed by atoms with Crippen molar-refractivity contribution in [3.63, 3.8) is 0 Å². The number of amides is 4. The Labute approximate surface area is 277 Å². The zero-order valence-electron chi connectivity index (χ0n) is 26.5. The second kappa shape index (κ2) is 13.8. The molecule has 0 spiro atoms. The number of phenolic OH excluding ortho intramolecular Hbond substituents is 1. The highest BCUT2D eigenvalue weighted by Crippen LogP contribution is 2.31. The number of benzene rings is 3. The van der Waals surface area contributed by atoms with Crippen LogP contribution in [0.2, 0.25) is 0 Å². The monoisotopic (exact) mass is 682 g/mol. The van der Waals surface area contributed by atoms with Crippen LogP contribution in [0.5, 0.6) is 17.2 Å². The van der Waals surface area contributed by atoms with Crippen LogP contribution in [0.1, 0.15) is 41.2 Å². The average molecular weight is 683 g/mol.